The van der Waals surface area contributed by atoms with Gasteiger partial charge in [-0.3, -0.25) is 10.1 Å². The minimum atomic E-state index is -1.11. The van der Waals surface area contributed by atoms with Gasteiger partial charge in [-0.15, -0.1) is 0 Å². The maximum Gasteiger partial charge on any atom is 0.335 e. The highest BCUT2D eigenvalue weighted by molar-refractivity contribution is 5.90. The molecule has 0 fully saturated rings. The van der Waals surface area contributed by atoms with Crippen LogP contribution in [0.3, 0.4) is 0 Å². The summed E-state index contributed by atoms with van der Waals surface area (Å²) in [5.41, 5.74) is 0.148. The number of nitro groups is 1. The van der Waals surface area contributed by atoms with Crippen LogP contribution >= 0.6 is 0 Å². The third-order valence-corrected chi connectivity index (χ3v) is 2.54. The number of hydrogen-bond donors (Lipinski definition) is 3. The molecule has 0 aliphatic heterocycles. The Morgan fingerprint density at radius 1 is 1.42 bits per heavy atom. The van der Waals surface area contributed by atoms with Gasteiger partial charge in [0.25, 0.3) is 5.69 Å². The van der Waals surface area contributed by atoms with E-state index < -0.39 is 10.9 Å². The van der Waals surface area contributed by atoms with Crippen LogP contribution < -0.4 is 10.6 Å². The number of aromatic carboxylic acids is 1. The number of nitro benzene ring substituents is 1. The molecule has 0 radical (unpaired) electrons. The molecule has 1 aromatic carbocycles. The normalized spacial score (nSPS) is 10.2. The van der Waals surface area contributed by atoms with Gasteiger partial charge in [-0.2, -0.15) is 0 Å². The van der Waals surface area contributed by atoms with Gasteiger partial charge in [0.15, 0.2) is 0 Å². The molecule has 0 heterocycles. The summed E-state index contributed by atoms with van der Waals surface area (Å²) in [7, 11) is 0. The van der Waals surface area contributed by atoms with Crippen LogP contribution in [-0.4, -0.2) is 35.6 Å². The Hall–Kier alpha value is -2.15. The van der Waals surface area contributed by atoms with Crippen LogP contribution in [0.5, 0.6) is 0 Å². The SMILES string of the molecule is CCNCCCNc1cc(C(=O)O)ccc1[N+](=O)[O-]. The number of rotatable bonds is 8. The van der Waals surface area contributed by atoms with Crippen LogP contribution in [0.15, 0.2) is 18.2 Å². The van der Waals surface area contributed by atoms with Crippen LogP contribution in [0.2, 0.25) is 0 Å². The van der Waals surface area contributed by atoms with Gasteiger partial charge in [-0.25, -0.2) is 4.79 Å². The Morgan fingerprint density at radius 2 is 2.16 bits per heavy atom. The molecular formula is C12H17N3O4. The van der Waals surface area contributed by atoms with Crippen molar-refractivity contribution in [3.05, 3.63) is 33.9 Å². The van der Waals surface area contributed by atoms with Crippen molar-refractivity contribution in [1.82, 2.24) is 5.32 Å². The van der Waals surface area contributed by atoms with Gasteiger partial charge in [-0.1, -0.05) is 6.92 Å². The van der Waals surface area contributed by atoms with Gasteiger partial charge >= 0.3 is 5.97 Å². The molecule has 0 aliphatic carbocycles. The Morgan fingerprint density at radius 3 is 2.74 bits per heavy atom. The summed E-state index contributed by atoms with van der Waals surface area (Å²) < 4.78 is 0. The lowest BCUT2D eigenvalue weighted by Crippen LogP contribution is -2.17. The monoisotopic (exact) mass is 267 g/mol. The van der Waals surface area contributed by atoms with Crippen molar-refractivity contribution in [3.63, 3.8) is 0 Å². The standard InChI is InChI=1S/C12H17N3O4/c1-2-13-6-3-7-14-10-8-9(12(16)17)4-5-11(10)15(18)19/h4-5,8,13-14H,2-3,6-7H2,1H3,(H,16,17). The summed E-state index contributed by atoms with van der Waals surface area (Å²) in [4.78, 5) is 21.2. The minimum absolute atomic E-state index is 0.0276. The summed E-state index contributed by atoms with van der Waals surface area (Å²) in [5.74, 6) is -1.11. The van der Waals surface area contributed by atoms with Gasteiger partial charge in [0.1, 0.15) is 5.69 Å². The molecule has 0 bridgehead atoms. The maximum atomic E-state index is 10.8. The van der Waals surface area contributed by atoms with Crippen molar-refractivity contribution < 1.29 is 14.8 Å². The van der Waals surface area contributed by atoms with E-state index in [0.717, 1.165) is 19.5 Å². The van der Waals surface area contributed by atoms with Crippen LogP contribution in [0.4, 0.5) is 11.4 Å². The molecular weight excluding hydrogens is 250 g/mol. The number of carboxylic acid groups (broad SMARTS) is 1. The van der Waals surface area contributed by atoms with Crippen molar-refractivity contribution in [2.75, 3.05) is 25.0 Å². The molecule has 1 rings (SSSR count). The Kier molecular flexibility index (Phi) is 5.74. The molecule has 0 aliphatic rings. The quantitative estimate of drug-likeness (QED) is 0.376. The number of nitrogens with one attached hydrogen (secondary N) is 2. The number of benzene rings is 1. The largest absolute Gasteiger partial charge is 0.478 e. The fraction of sp³-hybridized carbons (Fsp3) is 0.417. The molecule has 0 saturated heterocycles. The lowest BCUT2D eigenvalue weighted by molar-refractivity contribution is -0.384. The van der Waals surface area contributed by atoms with E-state index >= 15 is 0 Å². The molecule has 3 N–H and O–H groups in total. The van der Waals surface area contributed by atoms with E-state index in [2.05, 4.69) is 10.6 Å². The molecule has 19 heavy (non-hydrogen) atoms. The lowest BCUT2D eigenvalue weighted by Gasteiger charge is -2.08. The molecule has 0 unspecified atom stereocenters. The minimum Gasteiger partial charge on any atom is -0.478 e. The van der Waals surface area contributed by atoms with Gasteiger partial charge in [0.05, 0.1) is 10.5 Å². The van der Waals surface area contributed by atoms with Gasteiger partial charge in [-0.05, 0) is 31.6 Å². The average Bonchev–Trinajstić information content (AvgIpc) is 2.38. The molecule has 0 spiro atoms. The number of carbonyl (C=O) groups is 1. The van der Waals surface area contributed by atoms with E-state index in [-0.39, 0.29) is 16.9 Å². The van der Waals surface area contributed by atoms with E-state index in [0.29, 0.717) is 6.54 Å². The second-order valence-electron chi connectivity index (χ2n) is 3.93. The summed E-state index contributed by atoms with van der Waals surface area (Å²) in [5, 5.41) is 25.8. The van der Waals surface area contributed by atoms with Crippen LogP contribution in [0.25, 0.3) is 0 Å². The highest BCUT2D eigenvalue weighted by atomic mass is 16.6. The third kappa shape index (κ3) is 4.55. The lowest BCUT2D eigenvalue weighted by atomic mass is 10.1. The fourth-order valence-corrected chi connectivity index (χ4v) is 1.58. The Labute approximate surface area is 110 Å². The molecule has 104 valence electrons. The van der Waals surface area contributed by atoms with Crippen LogP contribution in [-0.2, 0) is 0 Å². The molecule has 0 atom stereocenters. The molecule has 0 amide bonds. The predicted octanol–water partition coefficient (Wildman–Crippen LogP) is 1.70. The second kappa shape index (κ2) is 7.32. The average molecular weight is 267 g/mol. The van der Waals surface area contributed by atoms with E-state index in [9.17, 15) is 14.9 Å². The Balaban J connectivity index is 2.74. The number of nitrogens with zero attached hydrogens (tertiary/aromatic N) is 1. The summed E-state index contributed by atoms with van der Waals surface area (Å²) in [6, 6.07) is 3.72. The van der Waals surface area contributed by atoms with Crippen molar-refractivity contribution in [3.8, 4) is 0 Å². The van der Waals surface area contributed by atoms with Crippen LogP contribution in [0, 0.1) is 10.1 Å². The molecule has 0 aromatic heterocycles. The zero-order valence-electron chi connectivity index (χ0n) is 10.7. The van der Waals surface area contributed by atoms with E-state index in [1.54, 1.807) is 0 Å². The third-order valence-electron chi connectivity index (χ3n) is 2.54. The smallest absolute Gasteiger partial charge is 0.335 e. The van der Waals surface area contributed by atoms with Gasteiger partial charge in [0.2, 0.25) is 0 Å². The first kappa shape index (κ1) is 14.9. The van der Waals surface area contributed by atoms with E-state index in [1.165, 1.54) is 18.2 Å². The number of carboxylic acids is 1. The fourth-order valence-electron chi connectivity index (χ4n) is 1.58. The highest BCUT2D eigenvalue weighted by Crippen LogP contribution is 2.25. The second-order valence-corrected chi connectivity index (χ2v) is 3.93. The molecule has 0 saturated carbocycles. The van der Waals surface area contributed by atoms with Crippen molar-refractivity contribution in [1.29, 1.82) is 0 Å². The number of anilines is 1. The van der Waals surface area contributed by atoms with E-state index in [4.69, 9.17) is 5.11 Å². The Bertz CT molecular complexity index is 462. The van der Waals surface area contributed by atoms with Crippen molar-refractivity contribution in [2.45, 2.75) is 13.3 Å². The predicted molar refractivity (Wildman–Crippen MR) is 71.7 cm³/mol. The first-order chi connectivity index (χ1) is 9.06. The molecule has 7 heteroatoms. The first-order valence-corrected chi connectivity index (χ1v) is 6.02. The van der Waals surface area contributed by atoms with Crippen LogP contribution in [0.1, 0.15) is 23.7 Å². The zero-order chi connectivity index (χ0) is 14.3. The maximum absolute atomic E-state index is 10.8. The van der Waals surface area contributed by atoms with E-state index in [1.807, 2.05) is 6.92 Å². The first-order valence-electron chi connectivity index (χ1n) is 6.02. The van der Waals surface area contributed by atoms with Gasteiger partial charge < -0.3 is 15.7 Å². The summed E-state index contributed by atoms with van der Waals surface area (Å²) in [6.07, 6.45) is 0.794. The summed E-state index contributed by atoms with van der Waals surface area (Å²) >= 11 is 0. The van der Waals surface area contributed by atoms with Gasteiger partial charge in [0, 0.05) is 12.6 Å². The molecule has 7 nitrogen and oxygen atoms in total. The highest BCUT2D eigenvalue weighted by Gasteiger charge is 2.15. The van der Waals surface area contributed by atoms with Crippen molar-refractivity contribution in [2.24, 2.45) is 0 Å². The number of hydrogen-bond acceptors (Lipinski definition) is 5. The molecule has 1 aromatic rings. The zero-order valence-corrected chi connectivity index (χ0v) is 10.7. The van der Waals surface area contributed by atoms with Crippen molar-refractivity contribution >= 4 is 17.3 Å². The summed E-state index contributed by atoms with van der Waals surface area (Å²) in [6.45, 7) is 4.20. The topological polar surface area (TPSA) is 104 Å².